The van der Waals surface area contributed by atoms with Crippen LogP contribution in [-0.2, 0) is 14.9 Å². The minimum Gasteiger partial charge on any atom is -0.347 e. The average molecular weight is 258 g/mol. The largest absolute Gasteiger partial charge is 0.471 e. The van der Waals surface area contributed by atoms with Gasteiger partial charge in [0.05, 0.1) is 5.75 Å². The number of carbonyl (C=O) groups is 1. The van der Waals surface area contributed by atoms with Crippen LogP contribution in [0.3, 0.4) is 0 Å². The van der Waals surface area contributed by atoms with E-state index in [-0.39, 0.29) is 12.4 Å². The van der Waals surface area contributed by atoms with E-state index in [0.29, 0.717) is 0 Å². The van der Waals surface area contributed by atoms with Crippen LogP contribution in [0.15, 0.2) is 0 Å². The molecule has 0 saturated heterocycles. The first-order chi connectivity index (χ1) is 5.63. The zero-order valence-electron chi connectivity index (χ0n) is 6.54. The fourth-order valence-corrected chi connectivity index (χ4v) is 0.754. The van der Waals surface area contributed by atoms with Crippen molar-refractivity contribution in [1.82, 2.24) is 5.32 Å². The van der Waals surface area contributed by atoms with Crippen LogP contribution in [-0.4, -0.2) is 37.4 Å². The van der Waals surface area contributed by atoms with Gasteiger partial charge in [0.25, 0.3) is 10.1 Å². The van der Waals surface area contributed by atoms with Crippen LogP contribution >= 0.6 is 12.4 Å². The molecule has 0 aliphatic carbocycles. The zero-order chi connectivity index (χ0) is 10.7. The van der Waals surface area contributed by atoms with Crippen molar-refractivity contribution in [2.24, 2.45) is 0 Å². The topological polar surface area (TPSA) is 83.5 Å². The van der Waals surface area contributed by atoms with Crippen LogP contribution in [0.1, 0.15) is 0 Å². The highest BCUT2D eigenvalue weighted by Crippen LogP contribution is 2.13. The second kappa shape index (κ2) is 5.37. The predicted molar refractivity (Wildman–Crippen MR) is 42.7 cm³/mol. The third-order valence-corrected chi connectivity index (χ3v) is 1.62. The van der Waals surface area contributed by atoms with Crippen molar-refractivity contribution in [3.63, 3.8) is 0 Å². The van der Waals surface area contributed by atoms with Gasteiger partial charge in [-0.3, -0.25) is 9.35 Å². The molecule has 14 heavy (non-hydrogen) atoms. The molecule has 0 unspecified atom stereocenters. The van der Waals surface area contributed by atoms with Gasteiger partial charge in [0.15, 0.2) is 0 Å². The van der Waals surface area contributed by atoms with Crippen molar-refractivity contribution in [1.29, 1.82) is 0 Å². The highest BCUT2D eigenvalue weighted by atomic mass is 35.5. The third kappa shape index (κ3) is 8.08. The molecular weight excluding hydrogens is 251 g/mol. The Morgan fingerprint density at radius 1 is 1.36 bits per heavy atom. The van der Waals surface area contributed by atoms with Crippen molar-refractivity contribution in [2.75, 3.05) is 12.3 Å². The zero-order valence-corrected chi connectivity index (χ0v) is 8.17. The number of alkyl halides is 3. The number of amides is 1. The second-order valence-electron chi connectivity index (χ2n) is 2.04. The molecule has 0 rings (SSSR count). The molecule has 5 nitrogen and oxygen atoms in total. The quantitative estimate of drug-likeness (QED) is 0.696. The first-order valence-corrected chi connectivity index (χ1v) is 4.54. The molecule has 0 atom stereocenters. The van der Waals surface area contributed by atoms with E-state index >= 15 is 0 Å². The van der Waals surface area contributed by atoms with Gasteiger partial charge in [-0.25, -0.2) is 0 Å². The summed E-state index contributed by atoms with van der Waals surface area (Å²) in [6.45, 7) is -0.781. The van der Waals surface area contributed by atoms with Gasteiger partial charge in [-0.2, -0.15) is 21.6 Å². The first kappa shape index (κ1) is 15.9. The minimum absolute atomic E-state index is 0. The molecule has 0 aromatic heterocycles. The maximum absolute atomic E-state index is 11.4. The number of hydrogen-bond acceptors (Lipinski definition) is 3. The van der Waals surface area contributed by atoms with Gasteiger partial charge in [-0.1, -0.05) is 0 Å². The lowest BCUT2D eigenvalue weighted by atomic mass is 10.5. The number of halogens is 4. The van der Waals surface area contributed by atoms with E-state index in [1.54, 1.807) is 0 Å². The number of nitrogens with one attached hydrogen (secondary N) is 1. The van der Waals surface area contributed by atoms with Crippen molar-refractivity contribution < 1.29 is 30.9 Å². The molecule has 0 spiro atoms. The molecule has 10 heteroatoms. The van der Waals surface area contributed by atoms with Gasteiger partial charge in [-0.15, -0.1) is 12.4 Å². The molecule has 0 bridgehead atoms. The van der Waals surface area contributed by atoms with Gasteiger partial charge in [0.1, 0.15) is 0 Å². The fourth-order valence-electron chi connectivity index (χ4n) is 0.394. The van der Waals surface area contributed by atoms with Crippen LogP contribution in [0.25, 0.3) is 0 Å². The highest BCUT2D eigenvalue weighted by Gasteiger charge is 2.38. The average Bonchev–Trinajstić information content (AvgIpc) is 1.82. The lowest BCUT2D eigenvalue weighted by molar-refractivity contribution is -0.173. The predicted octanol–water partition coefficient (Wildman–Crippen LogP) is -0.0255. The Bertz CT molecular complexity index is 287. The molecule has 1 amide bonds. The van der Waals surface area contributed by atoms with Gasteiger partial charge in [-0.05, 0) is 0 Å². The standard InChI is InChI=1S/C4H6F3NO4S.ClH/c5-4(6,7)3(9)8-1-2-13(10,11)12;/h1-2H2,(H,8,9)(H,10,11,12);1H. The van der Waals surface area contributed by atoms with E-state index in [2.05, 4.69) is 0 Å². The van der Waals surface area contributed by atoms with E-state index in [4.69, 9.17) is 4.55 Å². The molecule has 0 aliphatic heterocycles. The summed E-state index contributed by atoms with van der Waals surface area (Å²) in [4.78, 5) is 10.0. The Balaban J connectivity index is 0. The molecule has 0 heterocycles. The Morgan fingerprint density at radius 3 is 2.07 bits per heavy atom. The van der Waals surface area contributed by atoms with Crippen LogP contribution in [0.4, 0.5) is 13.2 Å². The van der Waals surface area contributed by atoms with Gasteiger partial charge < -0.3 is 5.32 Å². The second-order valence-corrected chi connectivity index (χ2v) is 3.61. The molecule has 0 aliphatic rings. The molecule has 86 valence electrons. The SMILES string of the molecule is Cl.O=C(NCCS(=O)(=O)O)C(F)(F)F. The van der Waals surface area contributed by atoms with Crippen molar-refractivity contribution in [2.45, 2.75) is 6.18 Å². The number of carbonyl (C=O) groups excluding carboxylic acids is 1. The first-order valence-electron chi connectivity index (χ1n) is 2.93. The molecule has 0 saturated carbocycles. The highest BCUT2D eigenvalue weighted by molar-refractivity contribution is 7.85. The Hall–Kier alpha value is -0.540. The van der Waals surface area contributed by atoms with Crippen molar-refractivity contribution >= 4 is 28.4 Å². The number of hydrogen-bond donors (Lipinski definition) is 2. The van der Waals surface area contributed by atoms with Crippen LogP contribution in [0.5, 0.6) is 0 Å². The summed E-state index contributed by atoms with van der Waals surface area (Å²) in [5, 5.41) is 1.28. The molecule has 2 N–H and O–H groups in total. The van der Waals surface area contributed by atoms with E-state index in [9.17, 15) is 26.4 Å². The smallest absolute Gasteiger partial charge is 0.347 e. The monoisotopic (exact) mass is 257 g/mol. The maximum Gasteiger partial charge on any atom is 0.471 e. The van der Waals surface area contributed by atoms with Crippen molar-refractivity contribution in [3.8, 4) is 0 Å². The van der Waals surface area contributed by atoms with Crippen LogP contribution < -0.4 is 5.32 Å². The van der Waals surface area contributed by atoms with E-state index in [1.807, 2.05) is 0 Å². The van der Waals surface area contributed by atoms with Gasteiger partial charge >= 0.3 is 12.1 Å². The summed E-state index contributed by atoms with van der Waals surface area (Å²) in [6.07, 6.45) is -5.04. The fraction of sp³-hybridized carbons (Fsp3) is 0.750. The summed E-state index contributed by atoms with van der Waals surface area (Å²) in [7, 11) is -4.35. The summed E-state index contributed by atoms with van der Waals surface area (Å²) in [5.74, 6) is -3.19. The summed E-state index contributed by atoms with van der Waals surface area (Å²) in [5.41, 5.74) is 0. The summed E-state index contributed by atoms with van der Waals surface area (Å²) >= 11 is 0. The summed E-state index contributed by atoms with van der Waals surface area (Å²) in [6, 6.07) is 0. The maximum atomic E-state index is 11.4. The van der Waals surface area contributed by atoms with Crippen molar-refractivity contribution in [3.05, 3.63) is 0 Å². The Morgan fingerprint density at radius 2 is 1.79 bits per heavy atom. The minimum atomic E-state index is -5.04. The van der Waals surface area contributed by atoms with E-state index in [0.717, 1.165) is 0 Å². The third-order valence-electron chi connectivity index (χ3n) is 0.903. The molecule has 0 aromatic rings. The number of rotatable bonds is 3. The van der Waals surface area contributed by atoms with Crippen LogP contribution in [0.2, 0.25) is 0 Å². The summed E-state index contributed by atoms with van der Waals surface area (Å²) < 4.78 is 62.4. The van der Waals surface area contributed by atoms with E-state index < -0.39 is 34.5 Å². The lowest BCUT2D eigenvalue weighted by Crippen LogP contribution is -2.39. The molecule has 0 fully saturated rings. The van der Waals surface area contributed by atoms with Gasteiger partial charge in [0.2, 0.25) is 0 Å². The molecular formula is C4H7ClF3NO4S. The van der Waals surface area contributed by atoms with Gasteiger partial charge in [0, 0.05) is 6.54 Å². The normalized spacial score (nSPS) is 11.7. The molecule has 0 aromatic carbocycles. The van der Waals surface area contributed by atoms with E-state index in [1.165, 1.54) is 5.32 Å². The Labute approximate surface area is 83.8 Å². The molecule has 0 radical (unpaired) electrons. The van der Waals surface area contributed by atoms with Crippen LogP contribution in [0, 0.1) is 0 Å². The Kier molecular flexibility index (Phi) is 6.10. The lowest BCUT2D eigenvalue weighted by Gasteiger charge is -2.05.